The molecule has 6 nitrogen and oxygen atoms in total. The third-order valence-corrected chi connectivity index (χ3v) is 7.26. The topological polar surface area (TPSA) is 53.5 Å². The molecule has 3 aliphatic rings. The minimum Gasteiger partial charge on any atom is -0.337 e. The molecule has 0 bridgehead atoms. The Balaban J connectivity index is 1.09. The van der Waals surface area contributed by atoms with Crippen molar-refractivity contribution in [2.45, 2.75) is 70.4 Å². The van der Waals surface area contributed by atoms with Gasteiger partial charge in [-0.2, -0.15) is 0 Å². The van der Waals surface area contributed by atoms with Gasteiger partial charge in [0.1, 0.15) is 5.82 Å². The molecule has 2 saturated carbocycles. The smallest absolute Gasteiger partial charge is 0.105 e. The molecule has 0 spiro atoms. The maximum Gasteiger partial charge on any atom is 0.105 e. The molecule has 0 radical (unpaired) electrons. The minimum absolute atomic E-state index is 0.622. The standard InChI is InChI=1S/C23H30N6/c1-15-26-22(19-8-18(19)10-28-11-21(25-14-28)17-4-5-17)12-29(15)9-16-3-6-20-23(7-16)27(2)13-24-20/h11-14,16-19H,3-10H2,1-2H3. The van der Waals surface area contributed by atoms with E-state index < -0.39 is 0 Å². The first kappa shape index (κ1) is 17.5. The zero-order valence-electron chi connectivity index (χ0n) is 17.5. The van der Waals surface area contributed by atoms with Crippen LogP contribution in [0.25, 0.3) is 0 Å². The lowest BCUT2D eigenvalue weighted by atomic mass is 9.89. The Kier molecular flexibility index (Phi) is 3.96. The molecule has 2 fully saturated rings. The molecule has 0 saturated heterocycles. The van der Waals surface area contributed by atoms with Crippen LogP contribution in [0.3, 0.4) is 0 Å². The van der Waals surface area contributed by atoms with E-state index in [2.05, 4.69) is 50.0 Å². The van der Waals surface area contributed by atoms with Crippen LogP contribution >= 0.6 is 0 Å². The van der Waals surface area contributed by atoms with Crippen molar-refractivity contribution in [1.82, 2.24) is 28.7 Å². The van der Waals surface area contributed by atoms with Gasteiger partial charge in [-0.1, -0.05) is 0 Å². The maximum atomic E-state index is 4.95. The molecule has 0 N–H and O–H groups in total. The van der Waals surface area contributed by atoms with E-state index in [1.54, 1.807) is 0 Å². The van der Waals surface area contributed by atoms with Crippen LogP contribution in [-0.2, 0) is 33.0 Å². The fraction of sp³-hybridized carbons (Fsp3) is 0.609. The van der Waals surface area contributed by atoms with Crippen LogP contribution in [-0.4, -0.2) is 28.7 Å². The molecule has 0 aromatic carbocycles. The van der Waals surface area contributed by atoms with Gasteiger partial charge in [-0.15, -0.1) is 0 Å². The molecular formula is C23H30N6. The average molecular weight is 391 g/mol. The highest BCUT2D eigenvalue weighted by Crippen LogP contribution is 2.48. The molecule has 3 aromatic rings. The van der Waals surface area contributed by atoms with E-state index in [0.717, 1.165) is 31.8 Å². The predicted molar refractivity (Wildman–Crippen MR) is 111 cm³/mol. The molecular weight excluding hydrogens is 360 g/mol. The molecule has 3 heterocycles. The summed E-state index contributed by atoms with van der Waals surface area (Å²) in [5.41, 5.74) is 5.32. The first-order valence-electron chi connectivity index (χ1n) is 11.2. The van der Waals surface area contributed by atoms with Crippen molar-refractivity contribution in [1.29, 1.82) is 0 Å². The number of rotatable bonds is 6. The fourth-order valence-electron chi connectivity index (χ4n) is 5.17. The molecule has 3 atom stereocenters. The summed E-state index contributed by atoms with van der Waals surface area (Å²) in [5.74, 6) is 3.93. The van der Waals surface area contributed by atoms with Crippen LogP contribution in [0.1, 0.15) is 66.1 Å². The van der Waals surface area contributed by atoms with E-state index in [1.165, 1.54) is 54.3 Å². The van der Waals surface area contributed by atoms with Crippen molar-refractivity contribution >= 4 is 0 Å². The van der Waals surface area contributed by atoms with Crippen LogP contribution < -0.4 is 0 Å². The number of aromatic nitrogens is 6. The molecule has 3 unspecified atom stereocenters. The Labute approximate surface area is 172 Å². The maximum absolute atomic E-state index is 4.95. The van der Waals surface area contributed by atoms with Crippen LogP contribution in [0.5, 0.6) is 0 Å². The molecule has 29 heavy (non-hydrogen) atoms. The van der Waals surface area contributed by atoms with Crippen LogP contribution in [0.4, 0.5) is 0 Å². The van der Waals surface area contributed by atoms with Crippen LogP contribution in [0.15, 0.2) is 25.0 Å². The largest absolute Gasteiger partial charge is 0.337 e. The Morgan fingerprint density at radius 2 is 1.93 bits per heavy atom. The zero-order valence-corrected chi connectivity index (χ0v) is 17.5. The van der Waals surface area contributed by atoms with Crippen molar-refractivity contribution in [3.63, 3.8) is 0 Å². The third kappa shape index (κ3) is 3.32. The van der Waals surface area contributed by atoms with Gasteiger partial charge in [0.25, 0.3) is 0 Å². The number of nitrogens with zero attached hydrogens (tertiary/aromatic N) is 6. The van der Waals surface area contributed by atoms with Crippen molar-refractivity contribution in [2.75, 3.05) is 0 Å². The van der Waals surface area contributed by atoms with E-state index in [-0.39, 0.29) is 0 Å². The normalized spacial score (nSPS) is 25.9. The van der Waals surface area contributed by atoms with Crippen molar-refractivity contribution < 1.29 is 0 Å². The highest BCUT2D eigenvalue weighted by Gasteiger charge is 2.40. The van der Waals surface area contributed by atoms with Gasteiger partial charge < -0.3 is 13.7 Å². The SMILES string of the molecule is Cc1nc(C2CC2Cn2cnc(C3CC3)c2)cn1CC1CCc2ncn(C)c2C1. The predicted octanol–water partition coefficient (Wildman–Crippen LogP) is 3.61. The van der Waals surface area contributed by atoms with Gasteiger partial charge in [0.05, 0.1) is 29.7 Å². The summed E-state index contributed by atoms with van der Waals surface area (Å²) in [6.07, 6.45) is 16.0. The summed E-state index contributed by atoms with van der Waals surface area (Å²) in [7, 11) is 2.12. The summed E-state index contributed by atoms with van der Waals surface area (Å²) >= 11 is 0. The third-order valence-electron chi connectivity index (χ3n) is 7.26. The lowest BCUT2D eigenvalue weighted by Crippen LogP contribution is -2.21. The lowest BCUT2D eigenvalue weighted by molar-refractivity contribution is 0.381. The monoisotopic (exact) mass is 390 g/mol. The van der Waals surface area contributed by atoms with Gasteiger partial charge in [-0.05, 0) is 57.3 Å². The van der Waals surface area contributed by atoms with Crippen molar-refractivity contribution in [3.8, 4) is 0 Å². The lowest BCUT2D eigenvalue weighted by Gasteiger charge is -2.23. The Hall–Kier alpha value is -2.37. The first-order chi connectivity index (χ1) is 14.1. The molecule has 152 valence electrons. The Bertz CT molecular complexity index is 1040. The Morgan fingerprint density at radius 1 is 1.03 bits per heavy atom. The van der Waals surface area contributed by atoms with E-state index >= 15 is 0 Å². The van der Waals surface area contributed by atoms with Crippen LogP contribution in [0.2, 0.25) is 0 Å². The van der Waals surface area contributed by atoms with E-state index in [1.807, 2.05) is 12.7 Å². The molecule has 6 heteroatoms. The quantitative estimate of drug-likeness (QED) is 0.646. The van der Waals surface area contributed by atoms with E-state index in [4.69, 9.17) is 4.98 Å². The highest BCUT2D eigenvalue weighted by molar-refractivity contribution is 5.20. The summed E-state index contributed by atoms with van der Waals surface area (Å²) in [5, 5.41) is 0. The van der Waals surface area contributed by atoms with Gasteiger partial charge in [0, 0.05) is 50.1 Å². The summed E-state index contributed by atoms with van der Waals surface area (Å²) in [6.45, 7) is 4.33. The second-order valence-corrected chi connectivity index (χ2v) is 9.59. The molecule has 6 rings (SSSR count). The number of hydrogen-bond acceptors (Lipinski definition) is 3. The van der Waals surface area contributed by atoms with Gasteiger partial charge >= 0.3 is 0 Å². The van der Waals surface area contributed by atoms with Gasteiger partial charge in [-0.3, -0.25) is 0 Å². The zero-order chi connectivity index (χ0) is 19.5. The van der Waals surface area contributed by atoms with Crippen LogP contribution in [0, 0.1) is 18.8 Å². The number of aryl methyl sites for hydroxylation is 3. The highest BCUT2D eigenvalue weighted by atomic mass is 15.1. The van der Waals surface area contributed by atoms with Crippen molar-refractivity contribution in [2.24, 2.45) is 18.9 Å². The van der Waals surface area contributed by atoms with Crippen molar-refractivity contribution in [3.05, 3.63) is 53.6 Å². The first-order valence-corrected chi connectivity index (χ1v) is 11.2. The second-order valence-electron chi connectivity index (χ2n) is 9.59. The van der Waals surface area contributed by atoms with E-state index in [9.17, 15) is 0 Å². The summed E-state index contributed by atoms with van der Waals surface area (Å²) in [4.78, 5) is 14.1. The fourth-order valence-corrected chi connectivity index (χ4v) is 5.17. The molecule has 0 aliphatic heterocycles. The van der Waals surface area contributed by atoms with Gasteiger partial charge in [-0.25, -0.2) is 15.0 Å². The molecule has 0 amide bonds. The number of imidazole rings is 3. The van der Waals surface area contributed by atoms with Gasteiger partial charge in [0.2, 0.25) is 0 Å². The average Bonchev–Trinajstić information content (AvgIpc) is 3.58. The Morgan fingerprint density at radius 3 is 2.79 bits per heavy atom. The van der Waals surface area contributed by atoms with Gasteiger partial charge in [0.15, 0.2) is 0 Å². The minimum atomic E-state index is 0.622. The summed E-state index contributed by atoms with van der Waals surface area (Å²) < 4.78 is 6.90. The second kappa shape index (κ2) is 6.57. The summed E-state index contributed by atoms with van der Waals surface area (Å²) in [6, 6.07) is 0. The number of hydrogen-bond donors (Lipinski definition) is 0. The number of fused-ring (bicyclic) bond motifs is 1. The van der Waals surface area contributed by atoms with E-state index in [0.29, 0.717) is 17.8 Å². The molecule has 3 aliphatic carbocycles. The molecule has 3 aromatic heterocycles.